The maximum absolute atomic E-state index is 14.5. The molecule has 324 valence electrons. The van der Waals surface area contributed by atoms with Crippen LogP contribution in [0.25, 0.3) is 33.7 Å². The van der Waals surface area contributed by atoms with Crippen LogP contribution in [-0.2, 0) is 40.5 Å². The van der Waals surface area contributed by atoms with Gasteiger partial charge in [-0.1, -0.05) is 41.9 Å². The largest absolute Gasteiger partial charge is 0.480 e. The predicted octanol–water partition coefficient (Wildman–Crippen LogP) is 7.99. The Bertz CT molecular complexity index is 2750. The molecule has 18 heteroatoms. The molecule has 3 fully saturated rings. The normalized spacial score (nSPS) is 20.0. The van der Waals surface area contributed by atoms with E-state index in [9.17, 15) is 31.6 Å². The van der Waals surface area contributed by atoms with Crippen molar-refractivity contribution in [1.29, 1.82) is 5.26 Å². The van der Waals surface area contributed by atoms with Crippen molar-refractivity contribution in [3.63, 3.8) is 0 Å². The van der Waals surface area contributed by atoms with Gasteiger partial charge in [0.25, 0.3) is 0 Å². The third-order valence-electron chi connectivity index (χ3n) is 12.5. The van der Waals surface area contributed by atoms with Crippen LogP contribution >= 0.6 is 11.6 Å². The van der Waals surface area contributed by atoms with Gasteiger partial charge in [-0.05, 0) is 112 Å². The summed E-state index contributed by atoms with van der Waals surface area (Å²) in [5.41, 5.74) is 4.15. The molecule has 9 rings (SSSR count). The third-order valence-corrected chi connectivity index (χ3v) is 15.1. The minimum absolute atomic E-state index is 0.00614. The molecule has 2 atom stereocenters. The molecule has 2 aliphatic carbocycles. The molecule has 3 aromatic carbocycles. The molecule has 0 spiro atoms. The van der Waals surface area contributed by atoms with Crippen LogP contribution in [0.4, 0.5) is 13.2 Å². The summed E-state index contributed by atoms with van der Waals surface area (Å²) in [6.07, 6.45) is -1.18. The number of oxazole rings is 1. The number of benzene rings is 3. The summed E-state index contributed by atoms with van der Waals surface area (Å²) < 4.78 is 87.8. The highest BCUT2D eigenvalue weighted by atomic mass is 35.5. The van der Waals surface area contributed by atoms with Crippen molar-refractivity contribution in [3.8, 4) is 40.4 Å². The van der Waals surface area contributed by atoms with Crippen LogP contribution in [0.2, 0.25) is 5.02 Å². The van der Waals surface area contributed by atoms with E-state index in [0.29, 0.717) is 79.0 Å². The standard InChI is InChI=1S/C44H43ClF3N7O6S/c1-43(14-15-43)62(57,58)53-39(56)26-13-18-55(23-26)22-25-19-27(21-49)37-33(20-25)51-40(61-37)32-10-6-9-31(36(32)45)28-7-5-8-30-29(28)11-12-35(30)60-42-38(44(46,47)48)50-34(41(52-42)59-2)24-54-16-3-4-17-54/h5-10,19-20,26,35H,3-4,11-18,22-24H2,1-2H3,(H,53,56)/t26-,35-/m1/s1. The predicted molar refractivity (Wildman–Crippen MR) is 222 cm³/mol. The monoisotopic (exact) mass is 889 g/mol. The zero-order valence-corrected chi connectivity index (χ0v) is 35.6. The van der Waals surface area contributed by atoms with Crippen molar-refractivity contribution in [2.24, 2.45) is 5.92 Å². The summed E-state index contributed by atoms with van der Waals surface area (Å²) in [4.78, 5) is 29.9. The number of rotatable bonds is 12. The number of halogens is 4. The number of likely N-dealkylation sites (tertiary alicyclic amines) is 2. The molecule has 4 heterocycles. The van der Waals surface area contributed by atoms with Gasteiger partial charge >= 0.3 is 6.18 Å². The first kappa shape index (κ1) is 42.0. The van der Waals surface area contributed by atoms with Gasteiger partial charge in [0.15, 0.2) is 5.58 Å². The van der Waals surface area contributed by atoms with Gasteiger partial charge in [0.1, 0.15) is 23.4 Å². The molecule has 0 unspecified atom stereocenters. The Hall–Kier alpha value is -5.28. The van der Waals surface area contributed by atoms with Crippen LogP contribution in [0.15, 0.2) is 52.9 Å². The number of carbonyl (C=O) groups is 1. The molecular formula is C44H43ClF3N7O6S. The number of aromatic nitrogens is 3. The Balaban J connectivity index is 0.952. The molecule has 1 saturated carbocycles. The van der Waals surface area contributed by atoms with Crippen molar-refractivity contribution in [3.05, 3.63) is 87.2 Å². The van der Waals surface area contributed by atoms with Crippen LogP contribution in [0.1, 0.15) is 85.2 Å². The second-order valence-electron chi connectivity index (χ2n) is 16.8. The Morgan fingerprint density at radius 3 is 2.47 bits per heavy atom. The van der Waals surface area contributed by atoms with Crippen LogP contribution in [0, 0.1) is 17.2 Å². The third kappa shape index (κ3) is 7.97. The van der Waals surface area contributed by atoms with E-state index in [1.54, 1.807) is 25.1 Å². The number of nitrogens with zero attached hydrogens (tertiary/aromatic N) is 6. The lowest BCUT2D eigenvalue weighted by Gasteiger charge is -2.21. The average Bonchev–Trinajstić information content (AvgIpc) is 3.75. The number of sulfonamides is 1. The number of ether oxygens (including phenoxy) is 2. The van der Waals surface area contributed by atoms with E-state index in [1.165, 1.54) is 7.11 Å². The number of nitrogens with one attached hydrogen (secondary N) is 1. The Morgan fingerprint density at radius 1 is 1.00 bits per heavy atom. The quantitative estimate of drug-likeness (QED) is 0.129. The van der Waals surface area contributed by atoms with Crippen LogP contribution < -0.4 is 14.2 Å². The molecule has 62 heavy (non-hydrogen) atoms. The van der Waals surface area contributed by atoms with Crippen LogP contribution in [0.5, 0.6) is 11.8 Å². The lowest BCUT2D eigenvalue weighted by molar-refractivity contribution is -0.143. The minimum atomic E-state index is -4.81. The number of methoxy groups -OCH3 is 1. The van der Waals surface area contributed by atoms with Gasteiger partial charge in [0.05, 0.1) is 33.9 Å². The smallest absolute Gasteiger partial charge is 0.438 e. The van der Waals surface area contributed by atoms with Gasteiger partial charge in [-0.25, -0.2) is 18.4 Å². The van der Waals surface area contributed by atoms with E-state index in [0.717, 1.165) is 42.6 Å². The van der Waals surface area contributed by atoms with Crippen molar-refractivity contribution in [1.82, 2.24) is 29.5 Å². The van der Waals surface area contributed by atoms with Gasteiger partial charge < -0.3 is 13.9 Å². The summed E-state index contributed by atoms with van der Waals surface area (Å²) >= 11 is 7.15. The van der Waals surface area contributed by atoms with Crippen LogP contribution in [0.3, 0.4) is 0 Å². The number of fused-ring (bicyclic) bond motifs is 2. The summed E-state index contributed by atoms with van der Waals surface area (Å²) in [6.45, 7) is 4.70. The molecule has 2 aliphatic heterocycles. The maximum Gasteiger partial charge on any atom is 0.438 e. The summed E-state index contributed by atoms with van der Waals surface area (Å²) in [5, 5.41) is 10.5. The highest BCUT2D eigenvalue weighted by Crippen LogP contribution is 2.46. The Morgan fingerprint density at radius 2 is 1.74 bits per heavy atom. The highest BCUT2D eigenvalue weighted by molar-refractivity contribution is 7.91. The van der Waals surface area contributed by atoms with Gasteiger partial charge in [-0.15, -0.1) is 0 Å². The SMILES string of the molecule is COc1nc(O[C@@H]2CCc3c(-c4cccc(-c5nc6cc(CN7CC[C@@H](C(=O)NS(=O)(=O)C8(C)CC8)C7)cc(C#N)c6o5)c4Cl)cccc32)c(C(F)(F)F)nc1CN1CCCC1. The molecular weight excluding hydrogens is 847 g/mol. The van der Waals surface area contributed by atoms with Gasteiger partial charge in [-0.2, -0.15) is 23.4 Å². The number of carbonyl (C=O) groups excluding carboxylic acids is 1. The lowest BCUT2D eigenvalue weighted by Crippen LogP contribution is -2.42. The second kappa shape index (κ2) is 16.1. The summed E-state index contributed by atoms with van der Waals surface area (Å²) in [5.74, 6) is -1.42. The molecule has 2 aromatic heterocycles. The van der Waals surface area contributed by atoms with Crippen molar-refractivity contribution < 1.29 is 40.3 Å². The molecule has 0 radical (unpaired) electrons. The fourth-order valence-corrected chi connectivity index (χ4v) is 10.4. The number of amides is 1. The molecule has 0 bridgehead atoms. The fraction of sp³-hybridized carbons (Fsp3) is 0.432. The minimum Gasteiger partial charge on any atom is -0.480 e. The van der Waals surface area contributed by atoms with E-state index < -0.39 is 50.4 Å². The molecule has 4 aliphatic rings. The van der Waals surface area contributed by atoms with Crippen LogP contribution in [-0.4, -0.2) is 77.1 Å². The van der Waals surface area contributed by atoms with Gasteiger partial charge in [0, 0.05) is 25.2 Å². The van der Waals surface area contributed by atoms with E-state index in [4.69, 9.17) is 30.5 Å². The van der Waals surface area contributed by atoms with Crippen molar-refractivity contribution in [2.75, 3.05) is 33.3 Å². The van der Waals surface area contributed by atoms with Gasteiger partial charge in [-0.3, -0.25) is 19.3 Å². The molecule has 1 N–H and O–H groups in total. The van der Waals surface area contributed by atoms with Crippen molar-refractivity contribution in [2.45, 2.75) is 82.0 Å². The zero-order chi connectivity index (χ0) is 43.6. The maximum atomic E-state index is 14.5. The number of alkyl halides is 3. The summed E-state index contributed by atoms with van der Waals surface area (Å²) in [6, 6.07) is 16.7. The first-order valence-electron chi connectivity index (χ1n) is 20.6. The summed E-state index contributed by atoms with van der Waals surface area (Å²) in [7, 11) is -2.37. The van der Waals surface area contributed by atoms with E-state index in [2.05, 4.69) is 20.8 Å². The molecule has 5 aromatic rings. The number of nitriles is 1. The number of hydrogen-bond acceptors (Lipinski definition) is 12. The highest BCUT2D eigenvalue weighted by Gasteiger charge is 2.51. The van der Waals surface area contributed by atoms with Crippen molar-refractivity contribution >= 4 is 38.6 Å². The second-order valence-corrected chi connectivity index (χ2v) is 19.3. The zero-order valence-electron chi connectivity index (χ0n) is 34.0. The lowest BCUT2D eigenvalue weighted by atomic mass is 9.95. The average molecular weight is 890 g/mol. The van der Waals surface area contributed by atoms with Gasteiger partial charge in [0.2, 0.25) is 39.3 Å². The Labute approximate surface area is 361 Å². The van der Waals surface area contributed by atoms with E-state index in [1.807, 2.05) is 40.1 Å². The number of hydrogen-bond donors (Lipinski definition) is 1. The Kier molecular flexibility index (Phi) is 10.9. The van der Waals surface area contributed by atoms with E-state index in [-0.39, 0.29) is 35.2 Å². The molecule has 13 nitrogen and oxygen atoms in total. The van der Waals surface area contributed by atoms with E-state index >= 15 is 0 Å². The first-order chi connectivity index (χ1) is 29.6. The first-order valence-corrected chi connectivity index (χ1v) is 22.4. The molecule has 1 amide bonds. The topological polar surface area (TPSA) is 164 Å². The molecule has 2 saturated heterocycles. The fourth-order valence-electron chi connectivity index (χ4n) is 8.77.